The van der Waals surface area contributed by atoms with Gasteiger partial charge in [-0.25, -0.2) is 0 Å². The number of benzene rings is 1. The summed E-state index contributed by atoms with van der Waals surface area (Å²) in [5.74, 6) is 0. The maximum absolute atomic E-state index is 8.76. The smallest absolute Gasteiger partial charge is 0.0670 e. The van der Waals surface area contributed by atoms with E-state index in [1.54, 1.807) is 0 Å². The summed E-state index contributed by atoms with van der Waals surface area (Å²) in [7, 11) is 2.10. The zero-order valence-electron chi connectivity index (χ0n) is 10.9. The molecule has 0 amide bonds. The molecule has 0 saturated heterocycles. The third-order valence-electron chi connectivity index (χ3n) is 3.29. The van der Waals surface area contributed by atoms with Gasteiger partial charge in [0.05, 0.1) is 12.5 Å². The van der Waals surface area contributed by atoms with Gasteiger partial charge >= 0.3 is 0 Å². The number of nitriles is 1. The second kappa shape index (κ2) is 6.15. The van der Waals surface area contributed by atoms with Gasteiger partial charge in [-0.1, -0.05) is 13.8 Å². The number of rotatable bonds is 5. The highest BCUT2D eigenvalue weighted by Gasteiger charge is 2.12. The highest BCUT2D eigenvalue weighted by molar-refractivity contribution is 5.59. The van der Waals surface area contributed by atoms with Crippen LogP contribution in [0.3, 0.4) is 0 Å². The molecule has 1 aromatic carbocycles. The lowest BCUT2D eigenvalue weighted by molar-refractivity contribution is 0.591. The van der Waals surface area contributed by atoms with Crippen LogP contribution >= 0.6 is 0 Å². The maximum Gasteiger partial charge on any atom is 0.0670 e. The van der Waals surface area contributed by atoms with Crippen LogP contribution in [0.4, 0.5) is 11.4 Å². The Balaban J connectivity index is 2.99. The van der Waals surface area contributed by atoms with Crippen LogP contribution in [0.2, 0.25) is 0 Å². The van der Waals surface area contributed by atoms with Gasteiger partial charge in [0.1, 0.15) is 0 Å². The third-order valence-corrected chi connectivity index (χ3v) is 3.29. The number of anilines is 2. The first-order valence-corrected chi connectivity index (χ1v) is 6.12. The Kier molecular flexibility index (Phi) is 4.84. The van der Waals surface area contributed by atoms with E-state index in [2.05, 4.69) is 31.9 Å². The van der Waals surface area contributed by atoms with E-state index in [1.807, 2.05) is 18.2 Å². The molecule has 0 aliphatic carbocycles. The van der Waals surface area contributed by atoms with Crippen LogP contribution < -0.4 is 10.6 Å². The van der Waals surface area contributed by atoms with Crippen molar-refractivity contribution in [3.05, 3.63) is 23.8 Å². The van der Waals surface area contributed by atoms with Gasteiger partial charge in [0.2, 0.25) is 0 Å². The van der Waals surface area contributed by atoms with Crippen LogP contribution in [0.1, 0.15) is 32.3 Å². The Hall–Kier alpha value is -1.69. The fourth-order valence-corrected chi connectivity index (χ4v) is 2.10. The quantitative estimate of drug-likeness (QED) is 0.793. The standard InChI is InChI=1S/C14H21N3/c1-4-12(5-2)17(3)13-6-7-14(16)11(10-13)8-9-15/h6-7,10,12H,4-5,8,16H2,1-3H3. The van der Waals surface area contributed by atoms with Crippen molar-refractivity contribution in [1.29, 1.82) is 5.26 Å². The van der Waals surface area contributed by atoms with Gasteiger partial charge in [0.15, 0.2) is 0 Å². The van der Waals surface area contributed by atoms with Gasteiger partial charge in [-0.15, -0.1) is 0 Å². The van der Waals surface area contributed by atoms with Gasteiger partial charge in [-0.2, -0.15) is 5.26 Å². The monoisotopic (exact) mass is 231 g/mol. The molecule has 92 valence electrons. The van der Waals surface area contributed by atoms with Gasteiger partial charge < -0.3 is 10.6 Å². The number of hydrogen-bond donors (Lipinski definition) is 1. The molecule has 0 heterocycles. The molecule has 3 heteroatoms. The van der Waals surface area contributed by atoms with E-state index >= 15 is 0 Å². The normalized spacial score (nSPS) is 10.3. The Bertz CT molecular complexity index is 402. The number of nitrogens with two attached hydrogens (primary N) is 1. The molecular formula is C14H21N3. The van der Waals surface area contributed by atoms with E-state index < -0.39 is 0 Å². The van der Waals surface area contributed by atoms with Gasteiger partial charge in [-0.05, 0) is 36.6 Å². The molecule has 0 fully saturated rings. The van der Waals surface area contributed by atoms with Crippen molar-refractivity contribution in [2.45, 2.75) is 39.2 Å². The van der Waals surface area contributed by atoms with Crippen LogP contribution in [-0.4, -0.2) is 13.1 Å². The predicted molar refractivity (Wildman–Crippen MR) is 72.9 cm³/mol. The van der Waals surface area contributed by atoms with Crippen LogP contribution in [0.25, 0.3) is 0 Å². The molecule has 0 atom stereocenters. The minimum absolute atomic E-state index is 0.371. The van der Waals surface area contributed by atoms with Crippen molar-refractivity contribution in [2.75, 3.05) is 17.7 Å². The molecule has 0 saturated carbocycles. The molecule has 1 aromatic rings. The molecule has 0 radical (unpaired) electrons. The first kappa shape index (κ1) is 13.4. The molecule has 3 nitrogen and oxygen atoms in total. The van der Waals surface area contributed by atoms with Crippen LogP contribution in [-0.2, 0) is 6.42 Å². The van der Waals surface area contributed by atoms with Gasteiger partial charge in [0, 0.05) is 24.5 Å². The molecule has 0 unspecified atom stereocenters. The second-order valence-electron chi connectivity index (χ2n) is 4.30. The van der Waals surface area contributed by atoms with E-state index in [-0.39, 0.29) is 0 Å². The Morgan fingerprint density at radius 3 is 2.53 bits per heavy atom. The fourth-order valence-electron chi connectivity index (χ4n) is 2.10. The molecule has 2 N–H and O–H groups in total. The predicted octanol–water partition coefficient (Wildman–Crippen LogP) is 2.96. The SMILES string of the molecule is CCC(CC)N(C)c1ccc(N)c(CC#N)c1. The second-order valence-corrected chi connectivity index (χ2v) is 4.30. The number of nitrogen functional groups attached to an aromatic ring is 1. The molecular weight excluding hydrogens is 210 g/mol. The molecule has 1 rings (SSSR count). The third kappa shape index (κ3) is 3.13. The van der Waals surface area contributed by atoms with Crippen molar-refractivity contribution in [3.63, 3.8) is 0 Å². The van der Waals surface area contributed by atoms with E-state index in [9.17, 15) is 0 Å². The maximum atomic E-state index is 8.76. The van der Waals surface area contributed by atoms with E-state index in [4.69, 9.17) is 11.0 Å². The number of nitrogens with zero attached hydrogens (tertiary/aromatic N) is 2. The summed E-state index contributed by atoms with van der Waals surface area (Å²) in [4.78, 5) is 2.26. The molecule has 0 aromatic heterocycles. The minimum Gasteiger partial charge on any atom is -0.398 e. The lowest BCUT2D eigenvalue weighted by atomic mass is 10.1. The summed E-state index contributed by atoms with van der Waals surface area (Å²) in [5, 5.41) is 8.76. The highest BCUT2D eigenvalue weighted by atomic mass is 15.1. The van der Waals surface area contributed by atoms with E-state index in [0.29, 0.717) is 18.2 Å². The summed E-state index contributed by atoms with van der Waals surface area (Å²) >= 11 is 0. The molecule has 0 spiro atoms. The number of hydrogen-bond acceptors (Lipinski definition) is 3. The average Bonchev–Trinajstić information content (AvgIpc) is 2.33. The van der Waals surface area contributed by atoms with Crippen molar-refractivity contribution in [2.24, 2.45) is 0 Å². The Labute approximate surface area is 104 Å². The lowest BCUT2D eigenvalue weighted by Gasteiger charge is -2.29. The first-order chi connectivity index (χ1) is 8.13. The molecule has 17 heavy (non-hydrogen) atoms. The molecule has 0 bridgehead atoms. The van der Waals surface area contributed by atoms with Crippen LogP contribution in [0.15, 0.2) is 18.2 Å². The van der Waals surface area contributed by atoms with Crippen molar-refractivity contribution in [3.8, 4) is 6.07 Å². The average molecular weight is 231 g/mol. The molecule has 0 aliphatic heterocycles. The highest BCUT2D eigenvalue weighted by Crippen LogP contribution is 2.23. The van der Waals surface area contributed by atoms with E-state index in [0.717, 1.165) is 24.1 Å². The largest absolute Gasteiger partial charge is 0.398 e. The van der Waals surface area contributed by atoms with E-state index in [1.165, 1.54) is 0 Å². The summed E-state index contributed by atoms with van der Waals surface area (Å²) < 4.78 is 0. The lowest BCUT2D eigenvalue weighted by Crippen LogP contribution is -2.30. The first-order valence-electron chi connectivity index (χ1n) is 6.12. The zero-order valence-corrected chi connectivity index (χ0v) is 10.9. The van der Waals surface area contributed by atoms with Crippen molar-refractivity contribution >= 4 is 11.4 Å². The summed E-state index contributed by atoms with van der Waals surface area (Å²) in [6, 6.07) is 8.62. The topological polar surface area (TPSA) is 53.0 Å². The molecule has 0 aliphatic rings. The van der Waals surface area contributed by atoms with Gasteiger partial charge in [0.25, 0.3) is 0 Å². The van der Waals surface area contributed by atoms with Crippen LogP contribution in [0.5, 0.6) is 0 Å². The summed E-state index contributed by atoms with van der Waals surface area (Å²) in [5.41, 5.74) is 8.61. The summed E-state index contributed by atoms with van der Waals surface area (Å²) in [6.45, 7) is 4.39. The fraction of sp³-hybridized carbons (Fsp3) is 0.500. The van der Waals surface area contributed by atoms with Crippen molar-refractivity contribution < 1.29 is 0 Å². The Morgan fingerprint density at radius 2 is 2.00 bits per heavy atom. The minimum atomic E-state index is 0.371. The zero-order chi connectivity index (χ0) is 12.8. The van der Waals surface area contributed by atoms with Gasteiger partial charge in [-0.3, -0.25) is 0 Å². The van der Waals surface area contributed by atoms with Crippen molar-refractivity contribution in [1.82, 2.24) is 0 Å². The summed E-state index contributed by atoms with van der Waals surface area (Å²) in [6.07, 6.45) is 2.60. The van der Waals surface area contributed by atoms with Crippen LogP contribution in [0, 0.1) is 11.3 Å². The Morgan fingerprint density at radius 1 is 1.35 bits per heavy atom.